The fraction of sp³-hybridized carbons (Fsp3) is 0.444. The molecule has 1 aromatic carbocycles. The summed E-state index contributed by atoms with van der Waals surface area (Å²) in [6.45, 7) is 6.70. The SMILES string of the molecule is CCC(=O)CCC(C(C)=O)N(C=O)C(=O)c1cc(C)ccc1C. The highest BCUT2D eigenvalue weighted by atomic mass is 16.2. The molecule has 0 aliphatic heterocycles. The number of imide groups is 1. The van der Waals surface area contributed by atoms with Gasteiger partial charge in [0.15, 0.2) is 5.78 Å². The number of ketones is 2. The van der Waals surface area contributed by atoms with Crippen molar-refractivity contribution < 1.29 is 19.2 Å². The van der Waals surface area contributed by atoms with Crippen molar-refractivity contribution in [2.75, 3.05) is 0 Å². The van der Waals surface area contributed by atoms with Gasteiger partial charge < -0.3 is 0 Å². The maximum Gasteiger partial charge on any atom is 0.261 e. The third kappa shape index (κ3) is 4.84. The number of aryl methyl sites for hydroxylation is 2. The van der Waals surface area contributed by atoms with Crippen molar-refractivity contribution in [1.29, 1.82) is 0 Å². The fourth-order valence-electron chi connectivity index (χ4n) is 2.38. The van der Waals surface area contributed by atoms with Crippen molar-refractivity contribution >= 4 is 23.9 Å². The van der Waals surface area contributed by atoms with E-state index in [0.717, 1.165) is 16.0 Å². The lowest BCUT2D eigenvalue weighted by molar-refractivity contribution is -0.129. The van der Waals surface area contributed by atoms with Gasteiger partial charge in [0, 0.05) is 18.4 Å². The van der Waals surface area contributed by atoms with Crippen molar-refractivity contribution in [2.24, 2.45) is 0 Å². The predicted octanol–water partition coefficient (Wildman–Crippen LogP) is 2.62. The minimum Gasteiger partial charge on any atom is -0.300 e. The topological polar surface area (TPSA) is 71.5 Å². The van der Waals surface area contributed by atoms with Crippen molar-refractivity contribution in [3.05, 3.63) is 34.9 Å². The van der Waals surface area contributed by atoms with Crippen LogP contribution in [0.25, 0.3) is 0 Å². The van der Waals surface area contributed by atoms with Crippen LogP contribution in [0, 0.1) is 13.8 Å². The van der Waals surface area contributed by atoms with Gasteiger partial charge in [0.05, 0.1) is 6.04 Å². The van der Waals surface area contributed by atoms with Crippen LogP contribution < -0.4 is 0 Å². The zero-order chi connectivity index (χ0) is 17.6. The van der Waals surface area contributed by atoms with Crippen molar-refractivity contribution in [1.82, 2.24) is 4.90 Å². The van der Waals surface area contributed by atoms with E-state index in [9.17, 15) is 19.2 Å². The van der Waals surface area contributed by atoms with Crippen LogP contribution in [0.5, 0.6) is 0 Å². The Balaban J connectivity index is 3.08. The van der Waals surface area contributed by atoms with Gasteiger partial charge in [-0.2, -0.15) is 0 Å². The van der Waals surface area contributed by atoms with E-state index in [2.05, 4.69) is 0 Å². The number of carbonyl (C=O) groups excluding carboxylic acids is 4. The number of nitrogens with zero attached hydrogens (tertiary/aromatic N) is 1. The zero-order valence-corrected chi connectivity index (χ0v) is 14.1. The molecule has 0 radical (unpaired) electrons. The van der Waals surface area contributed by atoms with Gasteiger partial charge in [-0.05, 0) is 38.8 Å². The molecular formula is C18H23NO4. The first kappa shape index (κ1) is 18.7. The van der Waals surface area contributed by atoms with Gasteiger partial charge >= 0.3 is 0 Å². The molecule has 1 rings (SSSR count). The van der Waals surface area contributed by atoms with Crippen LogP contribution >= 0.6 is 0 Å². The number of rotatable bonds is 8. The molecule has 0 bridgehead atoms. The van der Waals surface area contributed by atoms with Gasteiger partial charge in [0.1, 0.15) is 5.78 Å². The first-order valence-electron chi connectivity index (χ1n) is 7.69. The first-order valence-corrected chi connectivity index (χ1v) is 7.69. The van der Waals surface area contributed by atoms with E-state index in [4.69, 9.17) is 0 Å². The summed E-state index contributed by atoms with van der Waals surface area (Å²) in [4.78, 5) is 48.4. The second-order valence-electron chi connectivity index (χ2n) is 5.69. The molecular weight excluding hydrogens is 294 g/mol. The molecule has 1 atom stereocenters. The summed E-state index contributed by atoms with van der Waals surface area (Å²) in [6, 6.07) is 4.47. The largest absolute Gasteiger partial charge is 0.300 e. The summed E-state index contributed by atoms with van der Waals surface area (Å²) in [7, 11) is 0. The van der Waals surface area contributed by atoms with E-state index in [-0.39, 0.29) is 24.4 Å². The molecule has 0 fully saturated rings. The smallest absolute Gasteiger partial charge is 0.261 e. The molecule has 124 valence electrons. The van der Waals surface area contributed by atoms with Gasteiger partial charge in [-0.1, -0.05) is 24.6 Å². The van der Waals surface area contributed by atoms with Gasteiger partial charge in [-0.15, -0.1) is 0 Å². The van der Waals surface area contributed by atoms with Crippen LogP contribution in [0.4, 0.5) is 0 Å². The Morgan fingerprint density at radius 1 is 1.22 bits per heavy atom. The molecule has 1 unspecified atom stereocenters. The van der Waals surface area contributed by atoms with E-state index in [0.29, 0.717) is 18.4 Å². The Bertz CT molecular complexity index is 621. The van der Waals surface area contributed by atoms with E-state index >= 15 is 0 Å². The minimum absolute atomic E-state index is 0.00119. The second-order valence-corrected chi connectivity index (χ2v) is 5.69. The lowest BCUT2D eigenvalue weighted by Gasteiger charge is -2.25. The summed E-state index contributed by atoms with van der Waals surface area (Å²) in [5.41, 5.74) is 2.02. The first-order chi connectivity index (χ1) is 10.8. The predicted molar refractivity (Wildman–Crippen MR) is 87.2 cm³/mol. The van der Waals surface area contributed by atoms with Gasteiger partial charge in [-0.3, -0.25) is 24.1 Å². The Morgan fingerprint density at radius 3 is 2.39 bits per heavy atom. The summed E-state index contributed by atoms with van der Waals surface area (Å²) in [5.74, 6) is -0.814. The number of carbonyl (C=O) groups is 4. The number of amides is 2. The molecule has 0 aromatic heterocycles. The van der Waals surface area contributed by atoms with Crippen LogP contribution in [-0.4, -0.2) is 34.8 Å². The van der Waals surface area contributed by atoms with Gasteiger partial charge in [0.2, 0.25) is 6.41 Å². The van der Waals surface area contributed by atoms with Crippen LogP contribution in [-0.2, 0) is 14.4 Å². The molecule has 0 aliphatic carbocycles. The second kappa shape index (κ2) is 8.36. The minimum atomic E-state index is -0.907. The Kier molecular flexibility index (Phi) is 6.82. The van der Waals surface area contributed by atoms with Crippen LogP contribution in [0.15, 0.2) is 18.2 Å². The zero-order valence-electron chi connectivity index (χ0n) is 14.1. The molecule has 0 aliphatic rings. The van der Waals surface area contributed by atoms with E-state index in [1.165, 1.54) is 6.92 Å². The monoisotopic (exact) mass is 317 g/mol. The highest BCUT2D eigenvalue weighted by Crippen LogP contribution is 2.17. The normalized spacial score (nSPS) is 11.7. The summed E-state index contributed by atoms with van der Waals surface area (Å²) < 4.78 is 0. The molecule has 0 N–H and O–H groups in total. The summed E-state index contributed by atoms with van der Waals surface area (Å²) in [5, 5.41) is 0. The third-order valence-electron chi connectivity index (χ3n) is 3.87. The standard InChI is InChI=1S/C18H23NO4/c1-5-15(22)8-9-17(14(4)21)19(11-20)18(23)16-10-12(2)6-7-13(16)3/h6-7,10-11,17H,5,8-9H2,1-4H3. The van der Waals surface area contributed by atoms with Gasteiger partial charge in [-0.25, -0.2) is 0 Å². The Hall–Kier alpha value is -2.30. The molecule has 0 spiro atoms. The lowest BCUT2D eigenvalue weighted by atomic mass is 10.00. The summed E-state index contributed by atoms with van der Waals surface area (Å²) in [6.07, 6.45) is 1.09. The van der Waals surface area contributed by atoms with Crippen LogP contribution in [0.3, 0.4) is 0 Å². The Morgan fingerprint density at radius 2 is 1.87 bits per heavy atom. The molecule has 5 nitrogen and oxygen atoms in total. The number of hydrogen-bond donors (Lipinski definition) is 0. The molecule has 1 aromatic rings. The van der Waals surface area contributed by atoms with Crippen LogP contribution in [0.1, 0.15) is 54.6 Å². The van der Waals surface area contributed by atoms with E-state index < -0.39 is 11.9 Å². The quantitative estimate of drug-likeness (QED) is 0.691. The average Bonchev–Trinajstić information content (AvgIpc) is 2.52. The number of benzene rings is 1. The fourth-order valence-corrected chi connectivity index (χ4v) is 2.38. The third-order valence-corrected chi connectivity index (χ3v) is 3.87. The highest BCUT2D eigenvalue weighted by molar-refractivity contribution is 6.04. The van der Waals surface area contributed by atoms with Crippen molar-refractivity contribution in [3.63, 3.8) is 0 Å². The van der Waals surface area contributed by atoms with E-state index in [1.807, 2.05) is 13.0 Å². The van der Waals surface area contributed by atoms with Gasteiger partial charge in [0.25, 0.3) is 5.91 Å². The molecule has 2 amide bonds. The van der Waals surface area contributed by atoms with Crippen molar-refractivity contribution in [3.8, 4) is 0 Å². The van der Waals surface area contributed by atoms with E-state index in [1.54, 1.807) is 26.0 Å². The highest BCUT2D eigenvalue weighted by Gasteiger charge is 2.29. The number of Topliss-reactive ketones (excluding diaryl/α,β-unsaturated/α-hetero) is 2. The molecule has 23 heavy (non-hydrogen) atoms. The molecule has 0 saturated carbocycles. The van der Waals surface area contributed by atoms with Crippen LogP contribution in [0.2, 0.25) is 0 Å². The molecule has 5 heteroatoms. The lowest BCUT2D eigenvalue weighted by Crippen LogP contribution is -2.44. The molecule has 0 heterocycles. The maximum absolute atomic E-state index is 12.7. The Labute approximate surface area is 136 Å². The average molecular weight is 317 g/mol. The van der Waals surface area contributed by atoms with Crippen molar-refractivity contribution in [2.45, 2.75) is 53.0 Å². The number of hydrogen-bond acceptors (Lipinski definition) is 4. The molecule has 0 saturated heterocycles. The summed E-state index contributed by atoms with van der Waals surface area (Å²) >= 11 is 0. The maximum atomic E-state index is 12.7.